The largest absolute Gasteiger partial charge is 0.360 e. The van der Waals surface area contributed by atoms with Gasteiger partial charge in [0.25, 0.3) is 0 Å². The van der Waals surface area contributed by atoms with Gasteiger partial charge in [-0.15, -0.1) is 0 Å². The first-order valence-electron chi connectivity index (χ1n) is 4.78. The van der Waals surface area contributed by atoms with Gasteiger partial charge in [0.1, 0.15) is 28.4 Å². The van der Waals surface area contributed by atoms with Crippen molar-refractivity contribution in [2.24, 2.45) is 0 Å². The molecule has 16 heavy (non-hydrogen) atoms. The Balaban J connectivity index is 2.15. The number of hydrogen-bond acceptors (Lipinski definition) is 5. The molecule has 0 saturated carbocycles. The van der Waals surface area contributed by atoms with Crippen molar-refractivity contribution in [3.05, 3.63) is 28.6 Å². The second-order valence-corrected chi connectivity index (χ2v) is 4.17. The van der Waals surface area contributed by atoms with Gasteiger partial charge >= 0.3 is 0 Å². The maximum atomic E-state index is 4.27. The average Bonchev–Trinajstić information content (AvgIpc) is 2.68. The van der Waals surface area contributed by atoms with Gasteiger partial charge in [0.15, 0.2) is 0 Å². The highest BCUT2D eigenvalue weighted by molar-refractivity contribution is 9.10. The summed E-state index contributed by atoms with van der Waals surface area (Å²) in [6.45, 7) is 3.82. The lowest BCUT2D eigenvalue weighted by atomic mass is 10.3. The van der Waals surface area contributed by atoms with Crippen LogP contribution in [0.2, 0.25) is 0 Å². The molecule has 0 saturated heterocycles. The summed E-state index contributed by atoms with van der Waals surface area (Å²) in [5.41, 5.74) is 0. The Morgan fingerprint density at radius 3 is 2.88 bits per heavy atom. The van der Waals surface area contributed by atoms with Crippen LogP contribution in [0.25, 0.3) is 0 Å². The number of aromatic amines is 1. The molecule has 0 aliphatic rings. The van der Waals surface area contributed by atoms with Gasteiger partial charge in [-0.25, -0.2) is 15.0 Å². The molecule has 1 atom stereocenters. The molecular formula is C9H11BrN6. The Morgan fingerprint density at radius 1 is 1.44 bits per heavy atom. The van der Waals surface area contributed by atoms with E-state index < -0.39 is 0 Å². The molecule has 1 unspecified atom stereocenters. The first-order valence-corrected chi connectivity index (χ1v) is 5.57. The highest BCUT2D eigenvalue weighted by Crippen LogP contribution is 2.17. The molecule has 0 radical (unpaired) electrons. The fourth-order valence-electron chi connectivity index (χ4n) is 1.32. The summed E-state index contributed by atoms with van der Waals surface area (Å²) in [6.07, 6.45) is 1.48. The van der Waals surface area contributed by atoms with E-state index in [-0.39, 0.29) is 6.04 Å². The molecule has 2 heterocycles. The Bertz CT molecular complexity index is 449. The van der Waals surface area contributed by atoms with E-state index in [1.807, 2.05) is 19.9 Å². The average molecular weight is 283 g/mol. The maximum Gasteiger partial charge on any atom is 0.146 e. The summed E-state index contributed by atoms with van der Waals surface area (Å²) >= 11 is 3.32. The summed E-state index contributed by atoms with van der Waals surface area (Å²) in [5.74, 6) is 2.23. The van der Waals surface area contributed by atoms with Crippen LogP contribution in [-0.4, -0.2) is 25.1 Å². The molecule has 0 fully saturated rings. The minimum Gasteiger partial charge on any atom is -0.360 e. The van der Waals surface area contributed by atoms with E-state index in [4.69, 9.17) is 0 Å². The molecule has 6 nitrogen and oxygen atoms in total. The molecule has 0 amide bonds. The van der Waals surface area contributed by atoms with Gasteiger partial charge in [0.2, 0.25) is 0 Å². The molecule has 2 aromatic heterocycles. The summed E-state index contributed by atoms with van der Waals surface area (Å²) in [7, 11) is 0. The monoisotopic (exact) mass is 282 g/mol. The minimum absolute atomic E-state index is 0.0173. The lowest BCUT2D eigenvalue weighted by molar-refractivity contribution is 0.787. The Labute approximate surface area is 101 Å². The van der Waals surface area contributed by atoms with Crippen LogP contribution in [-0.2, 0) is 0 Å². The second kappa shape index (κ2) is 4.56. The van der Waals surface area contributed by atoms with Crippen LogP contribution in [0.1, 0.15) is 24.6 Å². The third kappa shape index (κ3) is 2.54. The lowest BCUT2D eigenvalue weighted by Gasteiger charge is -2.11. The van der Waals surface area contributed by atoms with E-state index in [9.17, 15) is 0 Å². The van der Waals surface area contributed by atoms with Crippen molar-refractivity contribution >= 4 is 21.7 Å². The van der Waals surface area contributed by atoms with E-state index in [2.05, 4.69) is 46.4 Å². The van der Waals surface area contributed by atoms with Crippen LogP contribution in [0.15, 0.2) is 17.0 Å². The van der Waals surface area contributed by atoms with Crippen molar-refractivity contribution < 1.29 is 0 Å². The van der Waals surface area contributed by atoms with Crippen LogP contribution in [0.4, 0.5) is 5.82 Å². The van der Waals surface area contributed by atoms with Gasteiger partial charge in [0.05, 0.1) is 6.04 Å². The lowest BCUT2D eigenvalue weighted by Crippen LogP contribution is -2.10. The van der Waals surface area contributed by atoms with Crippen LogP contribution in [0.5, 0.6) is 0 Å². The SMILES string of the molecule is Cc1nc(Br)cc(NC(C)c2ncn[nH]2)n1. The maximum absolute atomic E-state index is 4.27. The molecule has 2 aromatic rings. The first kappa shape index (κ1) is 11.0. The molecular weight excluding hydrogens is 272 g/mol. The molecule has 0 aliphatic heterocycles. The summed E-state index contributed by atoms with van der Waals surface area (Å²) < 4.78 is 0.757. The molecule has 2 N–H and O–H groups in total. The number of nitrogens with zero attached hydrogens (tertiary/aromatic N) is 4. The van der Waals surface area contributed by atoms with Gasteiger partial charge in [-0.3, -0.25) is 5.10 Å². The van der Waals surface area contributed by atoms with Crippen molar-refractivity contribution in [1.29, 1.82) is 0 Å². The van der Waals surface area contributed by atoms with Crippen molar-refractivity contribution in [3.8, 4) is 0 Å². The van der Waals surface area contributed by atoms with E-state index in [1.54, 1.807) is 0 Å². The number of aryl methyl sites for hydroxylation is 1. The number of aromatic nitrogens is 5. The zero-order valence-electron chi connectivity index (χ0n) is 8.90. The predicted molar refractivity (Wildman–Crippen MR) is 62.9 cm³/mol. The van der Waals surface area contributed by atoms with Crippen molar-refractivity contribution in [3.63, 3.8) is 0 Å². The Morgan fingerprint density at radius 2 is 2.25 bits per heavy atom. The number of nitrogens with one attached hydrogen (secondary N) is 2. The number of H-pyrrole nitrogens is 1. The van der Waals surface area contributed by atoms with Crippen LogP contribution in [0.3, 0.4) is 0 Å². The van der Waals surface area contributed by atoms with Crippen LogP contribution >= 0.6 is 15.9 Å². The predicted octanol–water partition coefficient (Wildman–Crippen LogP) is 1.84. The zero-order chi connectivity index (χ0) is 11.5. The first-order chi connectivity index (χ1) is 7.65. The summed E-state index contributed by atoms with van der Waals surface area (Å²) in [4.78, 5) is 12.5. The van der Waals surface area contributed by atoms with Gasteiger partial charge in [0, 0.05) is 6.07 Å². The smallest absolute Gasteiger partial charge is 0.146 e. The van der Waals surface area contributed by atoms with Gasteiger partial charge < -0.3 is 5.32 Å². The topological polar surface area (TPSA) is 79.4 Å². The third-order valence-electron chi connectivity index (χ3n) is 2.01. The highest BCUT2D eigenvalue weighted by atomic mass is 79.9. The molecule has 0 aliphatic carbocycles. The van der Waals surface area contributed by atoms with Crippen molar-refractivity contribution in [2.75, 3.05) is 5.32 Å². The second-order valence-electron chi connectivity index (χ2n) is 3.36. The summed E-state index contributed by atoms with van der Waals surface area (Å²) in [5, 5.41) is 9.82. The highest BCUT2D eigenvalue weighted by Gasteiger charge is 2.09. The number of halogens is 1. The number of anilines is 1. The number of rotatable bonds is 3. The molecule has 7 heteroatoms. The fraction of sp³-hybridized carbons (Fsp3) is 0.333. The summed E-state index contributed by atoms with van der Waals surface area (Å²) in [6, 6.07) is 1.84. The van der Waals surface area contributed by atoms with E-state index in [0.717, 1.165) is 16.2 Å². The van der Waals surface area contributed by atoms with E-state index >= 15 is 0 Å². The Kier molecular flexibility index (Phi) is 3.14. The molecule has 84 valence electrons. The van der Waals surface area contributed by atoms with E-state index in [1.165, 1.54) is 6.33 Å². The van der Waals surface area contributed by atoms with Crippen LogP contribution < -0.4 is 5.32 Å². The third-order valence-corrected chi connectivity index (χ3v) is 2.42. The quantitative estimate of drug-likeness (QED) is 0.840. The van der Waals surface area contributed by atoms with Crippen LogP contribution in [0, 0.1) is 6.92 Å². The van der Waals surface area contributed by atoms with E-state index in [0.29, 0.717) is 5.82 Å². The molecule has 2 rings (SSSR count). The van der Waals surface area contributed by atoms with Gasteiger partial charge in [-0.1, -0.05) is 0 Å². The minimum atomic E-state index is 0.0173. The van der Waals surface area contributed by atoms with Crippen molar-refractivity contribution in [2.45, 2.75) is 19.9 Å². The number of hydrogen-bond donors (Lipinski definition) is 2. The Hall–Kier alpha value is -1.50. The molecule has 0 spiro atoms. The fourth-order valence-corrected chi connectivity index (χ4v) is 1.79. The van der Waals surface area contributed by atoms with Gasteiger partial charge in [-0.2, -0.15) is 5.10 Å². The standard InChI is InChI=1S/C9H11BrN6/c1-5(9-11-4-12-16-9)13-8-3-7(10)14-6(2)15-8/h3-5H,1-2H3,(H,11,12,16)(H,13,14,15). The van der Waals surface area contributed by atoms with Crippen molar-refractivity contribution in [1.82, 2.24) is 25.1 Å². The molecule has 0 aromatic carbocycles. The normalized spacial score (nSPS) is 12.4. The van der Waals surface area contributed by atoms with Gasteiger partial charge in [-0.05, 0) is 29.8 Å². The zero-order valence-corrected chi connectivity index (χ0v) is 10.5. The molecule has 0 bridgehead atoms.